The summed E-state index contributed by atoms with van der Waals surface area (Å²) in [5.74, 6) is 0.190. The van der Waals surface area contributed by atoms with Crippen LogP contribution in [0.2, 0.25) is 0 Å². The fourth-order valence-electron chi connectivity index (χ4n) is 2.64. The Morgan fingerprint density at radius 2 is 2.24 bits per heavy atom. The van der Waals surface area contributed by atoms with Crippen molar-refractivity contribution in [3.05, 3.63) is 42.2 Å². The van der Waals surface area contributed by atoms with E-state index in [0.717, 1.165) is 30.2 Å². The second-order valence-electron chi connectivity index (χ2n) is 5.20. The third-order valence-corrected chi connectivity index (χ3v) is 5.25. The van der Waals surface area contributed by atoms with Gasteiger partial charge in [-0.3, -0.25) is 4.79 Å². The molecule has 0 spiro atoms. The van der Waals surface area contributed by atoms with Gasteiger partial charge in [-0.2, -0.15) is 0 Å². The van der Waals surface area contributed by atoms with E-state index < -0.39 is 0 Å². The van der Waals surface area contributed by atoms with Crippen LogP contribution in [0, 0.1) is 0 Å². The van der Waals surface area contributed by atoms with Crippen LogP contribution in [0.3, 0.4) is 0 Å². The van der Waals surface area contributed by atoms with Gasteiger partial charge in [-0.05, 0) is 24.5 Å². The number of anilines is 1. The van der Waals surface area contributed by atoms with Gasteiger partial charge in [0.15, 0.2) is 5.16 Å². The van der Waals surface area contributed by atoms with Crippen molar-refractivity contribution < 1.29 is 4.79 Å². The van der Waals surface area contributed by atoms with Gasteiger partial charge in [0.05, 0.1) is 5.25 Å². The van der Waals surface area contributed by atoms with Crippen LogP contribution < -0.4 is 4.90 Å². The number of carbonyl (C=O) groups is 1. The van der Waals surface area contributed by atoms with Crippen molar-refractivity contribution >= 4 is 23.4 Å². The largest absolute Gasteiger partial charge is 0.329 e. The number of imidazole rings is 1. The van der Waals surface area contributed by atoms with Crippen LogP contribution in [0.4, 0.5) is 5.69 Å². The number of aromatic nitrogens is 2. The van der Waals surface area contributed by atoms with Gasteiger partial charge in [-0.25, -0.2) is 4.98 Å². The van der Waals surface area contributed by atoms with Crippen molar-refractivity contribution in [2.75, 3.05) is 11.4 Å². The third-order valence-electron chi connectivity index (χ3n) is 3.82. The molecule has 0 N–H and O–H groups in total. The molecule has 0 radical (unpaired) electrons. The molecule has 5 heteroatoms. The molecule has 21 heavy (non-hydrogen) atoms. The summed E-state index contributed by atoms with van der Waals surface area (Å²) >= 11 is 1.55. The number of benzene rings is 1. The van der Waals surface area contributed by atoms with Gasteiger partial charge in [-0.15, -0.1) is 0 Å². The molecular weight excluding hydrogens is 282 g/mol. The van der Waals surface area contributed by atoms with Gasteiger partial charge in [0.1, 0.15) is 0 Å². The van der Waals surface area contributed by atoms with E-state index >= 15 is 0 Å². The number of hydrogen-bond acceptors (Lipinski definition) is 3. The maximum atomic E-state index is 12.8. The number of thioether (sulfide) groups is 1. The number of amides is 1. The Hall–Kier alpha value is -1.75. The summed E-state index contributed by atoms with van der Waals surface area (Å²) in [6, 6.07) is 8.18. The molecule has 0 saturated carbocycles. The lowest BCUT2D eigenvalue weighted by Gasteiger charge is -2.22. The third kappa shape index (κ3) is 2.70. The average molecular weight is 301 g/mol. The standard InChI is InChI=1S/C16H19N3OS/c1-3-14(21-16-17-9-11-18(16)2)15(20)19-10-8-12-6-4-5-7-13(12)19/h4-7,9,11,14H,3,8,10H2,1-2H3. The topological polar surface area (TPSA) is 38.1 Å². The minimum atomic E-state index is -0.0859. The number of aryl methyl sites for hydroxylation is 1. The summed E-state index contributed by atoms with van der Waals surface area (Å²) in [4.78, 5) is 19.1. The molecule has 0 bridgehead atoms. The van der Waals surface area contributed by atoms with Crippen LogP contribution in [0.25, 0.3) is 0 Å². The Morgan fingerprint density at radius 3 is 2.95 bits per heavy atom. The van der Waals surface area contributed by atoms with Crippen LogP contribution in [0.5, 0.6) is 0 Å². The molecule has 1 atom stereocenters. The van der Waals surface area contributed by atoms with Gasteiger partial charge in [0, 0.05) is 31.7 Å². The minimum Gasteiger partial charge on any atom is -0.329 e. The monoisotopic (exact) mass is 301 g/mol. The Labute approximate surface area is 129 Å². The van der Waals surface area contributed by atoms with E-state index in [2.05, 4.69) is 18.0 Å². The van der Waals surface area contributed by atoms with Crippen LogP contribution >= 0.6 is 11.8 Å². The second-order valence-corrected chi connectivity index (χ2v) is 6.37. The predicted octanol–water partition coefficient (Wildman–Crippen LogP) is 2.88. The summed E-state index contributed by atoms with van der Waals surface area (Å²) in [6.07, 6.45) is 5.43. The highest BCUT2D eigenvalue weighted by molar-refractivity contribution is 8.00. The number of para-hydroxylation sites is 1. The van der Waals surface area contributed by atoms with Gasteiger partial charge in [-0.1, -0.05) is 36.9 Å². The highest BCUT2D eigenvalue weighted by Gasteiger charge is 2.30. The molecule has 0 aliphatic carbocycles. The average Bonchev–Trinajstić information content (AvgIpc) is 3.10. The van der Waals surface area contributed by atoms with Crippen molar-refractivity contribution in [3.63, 3.8) is 0 Å². The predicted molar refractivity (Wildman–Crippen MR) is 85.6 cm³/mol. The number of carbonyl (C=O) groups excluding carboxylic acids is 1. The molecule has 110 valence electrons. The minimum absolute atomic E-state index is 0.0859. The van der Waals surface area contributed by atoms with Gasteiger partial charge in [0.2, 0.25) is 5.91 Å². The lowest BCUT2D eigenvalue weighted by molar-refractivity contribution is -0.118. The molecule has 1 unspecified atom stereocenters. The number of hydrogen-bond donors (Lipinski definition) is 0. The van der Waals surface area contributed by atoms with Crippen molar-refractivity contribution in [2.45, 2.75) is 30.2 Å². The molecule has 4 nitrogen and oxygen atoms in total. The molecule has 1 amide bonds. The summed E-state index contributed by atoms with van der Waals surface area (Å²) in [6.45, 7) is 2.84. The van der Waals surface area contributed by atoms with E-state index in [9.17, 15) is 4.79 Å². The summed E-state index contributed by atoms with van der Waals surface area (Å²) in [5, 5.41) is 0.805. The lowest BCUT2D eigenvalue weighted by Crippen LogP contribution is -2.36. The SMILES string of the molecule is CCC(Sc1nccn1C)C(=O)N1CCc2ccccc21. The van der Waals surface area contributed by atoms with E-state index in [1.807, 2.05) is 40.9 Å². The fourth-order valence-corrected chi connectivity index (χ4v) is 3.64. The van der Waals surface area contributed by atoms with Gasteiger partial charge in [0.25, 0.3) is 0 Å². The first-order valence-electron chi connectivity index (χ1n) is 7.24. The molecule has 1 aliphatic heterocycles. The van der Waals surface area contributed by atoms with Crippen molar-refractivity contribution in [3.8, 4) is 0 Å². The summed E-state index contributed by atoms with van der Waals surface area (Å²) in [7, 11) is 1.96. The maximum absolute atomic E-state index is 12.8. The Morgan fingerprint density at radius 1 is 1.43 bits per heavy atom. The highest BCUT2D eigenvalue weighted by atomic mass is 32.2. The zero-order valence-electron chi connectivity index (χ0n) is 12.3. The smallest absolute Gasteiger partial charge is 0.240 e. The second kappa shape index (κ2) is 5.93. The molecule has 2 aromatic rings. The highest BCUT2D eigenvalue weighted by Crippen LogP contribution is 2.32. The van der Waals surface area contributed by atoms with Crippen molar-refractivity contribution in [1.82, 2.24) is 9.55 Å². The van der Waals surface area contributed by atoms with Crippen LogP contribution in [0.1, 0.15) is 18.9 Å². The van der Waals surface area contributed by atoms with Crippen molar-refractivity contribution in [1.29, 1.82) is 0 Å². The normalized spacial score (nSPS) is 15.0. The number of rotatable bonds is 4. The molecule has 2 heterocycles. The fraction of sp³-hybridized carbons (Fsp3) is 0.375. The van der Waals surface area contributed by atoms with E-state index in [0.29, 0.717) is 0 Å². The molecule has 1 aromatic heterocycles. The van der Waals surface area contributed by atoms with Gasteiger partial charge < -0.3 is 9.47 Å². The van der Waals surface area contributed by atoms with E-state index in [-0.39, 0.29) is 11.2 Å². The molecule has 1 aliphatic rings. The molecule has 1 aromatic carbocycles. The summed E-state index contributed by atoms with van der Waals surface area (Å²) in [5.41, 5.74) is 2.34. The van der Waals surface area contributed by atoms with E-state index in [1.54, 1.807) is 18.0 Å². The Balaban J connectivity index is 1.79. The first-order chi connectivity index (χ1) is 10.2. The van der Waals surface area contributed by atoms with Gasteiger partial charge >= 0.3 is 0 Å². The first-order valence-corrected chi connectivity index (χ1v) is 8.12. The van der Waals surface area contributed by atoms with Crippen LogP contribution in [-0.4, -0.2) is 27.3 Å². The van der Waals surface area contributed by atoms with Crippen molar-refractivity contribution in [2.24, 2.45) is 7.05 Å². The number of fused-ring (bicyclic) bond motifs is 1. The lowest BCUT2D eigenvalue weighted by atomic mass is 10.2. The van der Waals surface area contributed by atoms with Crippen LogP contribution in [0.15, 0.2) is 41.8 Å². The first kappa shape index (κ1) is 14.2. The molecular formula is C16H19N3OS. The maximum Gasteiger partial charge on any atom is 0.240 e. The zero-order chi connectivity index (χ0) is 14.8. The molecule has 3 rings (SSSR count). The molecule has 0 fully saturated rings. The van der Waals surface area contributed by atoms with E-state index in [4.69, 9.17) is 0 Å². The van der Waals surface area contributed by atoms with E-state index in [1.165, 1.54) is 5.56 Å². The molecule has 0 saturated heterocycles. The zero-order valence-corrected chi connectivity index (χ0v) is 13.1. The Kier molecular flexibility index (Phi) is 4.01. The summed E-state index contributed by atoms with van der Waals surface area (Å²) < 4.78 is 1.96. The Bertz CT molecular complexity index is 652. The quantitative estimate of drug-likeness (QED) is 0.815. The number of nitrogens with zero attached hydrogens (tertiary/aromatic N) is 3. The van der Waals surface area contributed by atoms with Crippen LogP contribution in [-0.2, 0) is 18.3 Å².